The van der Waals surface area contributed by atoms with Crippen LogP contribution in [0.5, 0.6) is 0 Å². The fourth-order valence-electron chi connectivity index (χ4n) is 0.398. The van der Waals surface area contributed by atoms with E-state index in [0.29, 0.717) is 6.41 Å². The highest BCUT2D eigenvalue weighted by Gasteiger charge is 1.96. The zero-order valence-corrected chi connectivity index (χ0v) is 5.43. The van der Waals surface area contributed by atoms with Crippen molar-refractivity contribution < 1.29 is 9.18 Å². The molecular formula is C7H8FNO. The van der Waals surface area contributed by atoms with Gasteiger partial charge in [-0.25, -0.2) is 4.39 Å². The van der Waals surface area contributed by atoms with Gasteiger partial charge in [0.1, 0.15) is 5.83 Å². The number of halogens is 1. The molecule has 0 atom stereocenters. The molecule has 0 heterocycles. The first kappa shape index (κ1) is 8.62. The van der Waals surface area contributed by atoms with Crippen molar-refractivity contribution in [1.82, 2.24) is 5.32 Å². The maximum absolute atomic E-state index is 12.2. The second-order valence-electron chi connectivity index (χ2n) is 1.48. The Balaban J connectivity index is 4.24. The third-order valence-corrected chi connectivity index (χ3v) is 0.791. The van der Waals surface area contributed by atoms with Crippen LogP contribution in [0.4, 0.5) is 4.39 Å². The minimum Gasteiger partial charge on any atom is -0.326 e. The summed E-state index contributed by atoms with van der Waals surface area (Å²) < 4.78 is 12.2. The molecule has 0 aliphatic heterocycles. The highest BCUT2D eigenvalue weighted by atomic mass is 19.1. The van der Waals surface area contributed by atoms with E-state index < -0.39 is 5.83 Å². The van der Waals surface area contributed by atoms with E-state index >= 15 is 0 Å². The molecule has 0 radical (unpaired) electrons. The first-order valence-electron chi connectivity index (χ1n) is 2.60. The van der Waals surface area contributed by atoms with E-state index in [0.717, 1.165) is 0 Å². The topological polar surface area (TPSA) is 29.1 Å². The van der Waals surface area contributed by atoms with Gasteiger partial charge in [-0.05, 0) is 6.08 Å². The second kappa shape index (κ2) is 4.49. The summed E-state index contributed by atoms with van der Waals surface area (Å²) >= 11 is 0. The Kier molecular flexibility index (Phi) is 3.87. The van der Waals surface area contributed by atoms with Crippen LogP contribution in [0, 0.1) is 0 Å². The van der Waals surface area contributed by atoms with E-state index in [-0.39, 0.29) is 5.70 Å². The molecule has 0 saturated heterocycles. The van der Waals surface area contributed by atoms with Crippen LogP contribution in [0.25, 0.3) is 0 Å². The molecule has 0 bridgehead atoms. The summed E-state index contributed by atoms with van der Waals surface area (Å²) in [5.74, 6) is -0.688. The third-order valence-electron chi connectivity index (χ3n) is 0.791. The molecule has 3 heteroatoms. The van der Waals surface area contributed by atoms with Crippen LogP contribution < -0.4 is 5.32 Å². The number of carbonyl (C=O) groups excluding carboxylic acids is 1. The minimum absolute atomic E-state index is 0.0324. The van der Waals surface area contributed by atoms with Gasteiger partial charge in [-0.15, -0.1) is 0 Å². The standard InChI is InChI=1S/C7H8FNO/c1-3-4-7(6(2)8)9-5-10/h3-5H,1-2H2,(H,9,10)/b7-4+. The molecule has 54 valence electrons. The molecule has 0 aliphatic carbocycles. The zero-order chi connectivity index (χ0) is 7.98. The Hall–Kier alpha value is -1.38. The van der Waals surface area contributed by atoms with Crippen LogP contribution in [-0.2, 0) is 4.79 Å². The van der Waals surface area contributed by atoms with Gasteiger partial charge in [0.05, 0.1) is 5.70 Å². The number of hydrogen-bond donors (Lipinski definition) is 1. The minimum atomic E-state index is -0.688. The summed E-state index contributed by atoms with van der Waals surface area (Å²) in [7, 11) is 0. The smallest absolute Gasteiger partial charge is 0.211 e. The lowest BCUT2D eigenvalue weighted by molar-refractivity contribution is -0.108. The fourth-order valence-corrected chi connectivity index (χ4v) is 0.398. The zero-order valence-electron chi connectivity index (χ0n) is 5.43. The van der Waals surface area contributed by atoms with Gasteiger partial charge in [0.25, 0.3) is 0 Å². The van der Waals surface area contributed by atoms with E-state index in [4.69, 9.17) is 0 Å². The Morgan fingerprint density at radius 2 is 2.20 bits per heavy atom. The summed E-state index contributed by atoms with van der Waals surface area (Å²) in [4.78, 5) is 9.80. The van der Waals surface area contributed by atoms with Crippen molar-refractivity contribution in [3.8, 4) is 0 Å². The van der Waals surface area contributed by atoms with Gasteiger partial charge in [0.2, 0.25) is 6.41 Å². The average Bonchev–Trinajstić information content (AvgIpc) is 1.87. The Morgan fingerprint density at radius 1 is 1.60 bits per heavy atom. The first-order chi connectivity index (χ1) is 4.72. The highest BCUT2D eigenvalue weighted by Crippen LogP contribution is 2.03. The molecule has 0 aromatic heterocycles. The number of rotatable bonds is 4. The molecule has 1 amide bonds. The summed E-state index contributed by atoms with van der Waals surface area (Å²) in [5.41, 5.74) is 0.0324. The predicted octanol–water partition coefficient (Wildman–Crippen LogP) is 1.29. The lowest BCUT2D eigenvalue weighted by Gasteiger charge is -1.97. The average molecular weight is 141 g/mol. The van der Waals surface area contributed by atoms with Gasteiger partial charge in [0.15, 0.2) is 0 Å². The molecule has 1 N–H and O–H groups in total. The van der Waals surface area contributed by atoms with Crippen molar-refractivity contribution in [3.05, 3.63) is 36.8 Å². The van der Waals surface area contributed by atoms with Crippen LogP contribution in [0.3, 0.4) is 0 Å². The van der Waals surface area contributed by atoms with Crippen molar-refractivity contribution in [1.29, 1.82) is 0 Å². The molecule has 0 aliphatic rings. The van der Waals surface area contributed by atoms with Crippen LogP contribution in [0.2, 0.25) is 0 Å². The molecule has 0 unspecified atom stereocenters. The molecule has 0 saturated carbocycles. The van der Waals surface area contributed by atoms with E-state index in [9.17, 15) is 9.18 Å². The normalized spacial score (nSPS) is 10.3. The second-order valence-corrected chi connectivity index (χ2v) is 1.48. The van der Waals surface area contributed by atoms with E-state index in [1.54, 1.807) is 0 Å². The summed E-state index contributed by atoms with van der Waals surface area (Å²) in [6, 6.07) is 0. The summed E-state index contributed by atoms with van der Waals surface area (Å²) in [6.07, 6.45) is 3.05. The molecule has 2 nitrogen and oxygen atoms in total. The number of carbonyl (C=O) groups is 1. The van der Waals surface area contributed by atoms with Gasteiger partial charge >= 0.3 is 0 Å². The third kappa shape index (κ3) is 2.81. The van der Waals surface area contributed by atoms with Crippen molar-refractivity contribution in [2.24, 2.45) is 0 Å². The van der Waals surface area contributed by atoms with Gasteiger partial charge in [-0.3, -0.25) is 4.79 Å². The summed E-state index contributed by atoms with van der Waals surface area (Å²) in [5, 5.41) is 2.12. The number of allylic oxidation sites excluding steroid dienone is 3. The Bertz CT molecular complexity index is 184. The maximum Gasteiger partial charge on any atom is 0.211 e. The van der Waals surface area contributed by atoms with E-state index in [1.807, 2.05) is 0 Å². The molecule has 0 aromatic rings. The van der Waals surface area contributed by atoms with Crippen molar-refractivity contribution in [2.45, 2.75) is 0 Å². The highest BCUT2D eigenvalue weighted by molar-refractivity contribution is 5.52. The lowest BCUT2D eigenvalue weighted by Crippen LogP contribution is -2.09. The van der Waals surface area contributed by atoms with Gasteiger partial charge in [-0.2, -0.15) is 0 Å². The van der Waals surface area contributed by atoms with Crippen molar-refractivity contribution in [2.75, 3.05) is 0 Å². The first-order valence-corrected chi connectivity index (χ1v) is 2.60. The SMILES string of the molecule is C=C/C=C(/NC=O)C(=C)F. The fraction of sp³-hybridized carbons (Fsp3) is 0. The predicted molar refractivity (Wildman–Crippen MR) is 37.7 cm³/mol. The quantitative estimate of drug-likeness (QED) is 0.463. The maximum atomic E-state index is 12.2. The van der Waals surface area contributed by atoms with Crippen LogP contribution in [0.15, 0.2) is 36.8 Å². The van der Waals surface area contributed by atoms with Gasteiger partial charge in [-0.1, -0.05) is 19.2 Å². The Morgan fingerprint density at radius 3 is 2.50 bits per heavy atom. The van der Waals surface area contributed by atoms with E-state index in [2.05, 4.69) is 18.5 Å². The summed E-state index contributed by atoms with van der Waals surface area (Å²) in [6.45, 7) is 6.31. The Labute approximate surface area is 58.7 Å². The molecule has 10 heavy (non-hydrogen) atoms. The van der Waals surface area contributed by atoms with Crippen molar-refractivity contribution >= 4 is 6.41 Å². The molecule has 0 rings (SSSR count). The van der Waals surface area contributed by atoms with Gasteiger partial charge < -0.3 is 5.32 Å². The van der Waals surface area contributed by atoms with Gasteiger partial charge in [0, 0.05) is 0 Å². The monoisotopic (exact) mass is 141 g/mol. The number of hydrogen-bond acceptors (Lipinski definition) is 1. The van der Waals surface area contributed by atoms with E-state index in [1.165, 1.54) is 12.2 Å². The number of nitrogens with one attached hydrogen (secondary N) is 1. The lowest BCUT2D eigenvalue weighted by atomic mass is 10.3. The van der Waals surface area contributed by atoms with Crippen LogP contribution in [-0.4, -0.2) is 6.41 Å². The molecular weight excluding hydrogens is 133 g/mol. The molecule has 0 aromatic carbocycles. The largest absolute Gasteiger partial charge is 0.326 e. The molecule has 0 spiro atoms. The van der Waals surface area contributed by atoms with Crippen LogP contribution >= 0.6 is 0 Å². The van der Waals surface area contributed by atoms with Crippen LogP contribution in [0.1, 0.15) is 0 Å². The van der Waals surface area contributed by atoms with Crippen molar-refractivity contribution in [3.63, 3.8) is 0 Å². The number of amides is 1. The molecule has 0 fully saturated rings.